The summed E-state index contributed by atoms with van der Waals surface area (Å²) in [5.74, 6) is -0.182. The first kappa shape index (κ1) is 12.5. The summed E-state index contributed by atoms with van der Waals surface area (Å²) in [5, 5.41) is 0. The van der Waals surface area contributed by atoms with Crippen LogP contribution in [0.4, 0.5) is 4.39 Å². The van der Waals surface area contributed by atoms with Gasteiger partial charge in [0.15, 0.2) is 0 Å². The largest absolute Gasteiger partial charge is 0.326 e. The second-order valence-electron chi connectivity index (χ2n) is 4.95. The molecule has 17 heavy (non-hydrogen) atoms. The highest BCUT2D eigenvalue weighted by atomic mass is 19.1. The van der Waals surface area contributed by atoms with Gasteiger partial charge in [0.05, 0.1) is 0 Å². The molecule has 2 rings (SSSR count). The zero-order chi connectivity index (χ0) is 12.1. The van der Waals surface area contributed by atoms with Crippen LogP contribution in [-0.2, 0) is 6.42 Å². The molecule has 1 aliphatic heterocycles. The fourth-order valence-corrected chi connectivity index (χ4v) is 2.46. The van der Waals surface area contributed by atoms with Crippen LogP contribution in [0.1, 0.15) is 24.8 Å². The molecule has 0 aromatic heterocycles. The van der Waals surface area contributed by atoms with Crippen molar-refractivity contribution in [1.29, 1.82) is 0 Å². The van der Waals surface area contributed by atoms with E-state index in [1.807, 2.05) is 12.1 Å². The van der Waals surface area contributed by atoms with Gasteiger partial charge in [-0.25, -0.2) is 4.39 Å². The summed E-state index contributed by atoms with van der Waals surface area (Å²) in [4.78, 5) is 2.44. The zero-order valence-electron chi connectivity index (χ0n) is 10.2. The van der Waals surface area contributed by atoms with E-state index in [1.165, 1.54) is 44.5 Å². The summed E-state index contributed by atoms with van der Waals surface area (Å²) in [6, 6.07) is 6.81. The predicted octanol–water partition coefficient (Wildman–Crippen LogP) is 2.18. The average Bonchev–Trinajstić information content (AvgIpc) is 2.33. The first-order valence-corrected chi connectivity index (χ1v) is 6.46. The predicted molar refractivity (Wildman–Crippen MR) is 68.4 cm³/mol. The van der Waals surface area contributed by atoms with Crippen molar-refractivity contribution in [2.45, 2.75) is 31.7 Å². The summed E-state index contributed by atoms with van der Waals surface area (Å²) in [6.45, 7) is 3.31. The standard InChI is InChI=1S/C14H21FN2/c15-13-6-4-12(5-7-13)10-14(16)11-17-8-2-1-3-9-17/h4-7,14H,1-3,8-11,16H2. The Kier molecular flexibility index (Phi) is 4.51. The van der Waals surface area contributed by atoms with Gasteiger partial charge in [-0.3, -0.25) is 0 Å². The third-order valence-electron chi connectivity index (χ3n) is 3.35. The van der Waals surface area contributed by atoms with Crippen LogP contribution in [0.15, 0.2) is 24.3 Å². The van der Waals surface area contributed by atoms with Crippen LogP contribution in [0.3, 0.4) is 0 Å². The Morgan fingerprint density at radius 1 is 1.12 bits per heavy atom. The molecule has 3 heteroatoms. The molecule has 0 bridgehead atoms. The van der Waals surface area contributed by atoms with Gasteiger partial charge in [-0.1, -0.05) is 18.6 Å². The second-order valence-corrected chi connectivity index (χ2v) is 4.95. The van der Waals surface area contributed by atoms with Gasteiger partial charge in [0.2, 0.25) is 0 Å². The van der Waals surface area contributed by atoms with Crippen molar-refractivity contribution >= 4 is 0 Å². The minimum atomic E-state index is -0.182. The van der Waals surface area contributed by atoms with E-state index >= 15 is 0 Å². The number of hydrogen-bond donors (Lipinski definition) is 1. The Bertz CT molecular complexity index is 331. The first-order chi connectivity index (χ1) is 8.24. The topological polar surface area (TPSA) is 29.3 Å². The van der Waals surface area contributed by atoms with Gasteiger partial charge in [0.1, 0.15) is 5.82 Å². The highest BCUT2D eigenvalue weighted by molar-refractivity contribution is 5.17. The van der Waals surface area contributed by atoms with Gasteiger partial charge in [-0.05, 0) is 50.0 Å². The molecule has 1 unspecified atom stereocenters. The number of hydrogen-bond acceptors (Lipinski definition) is 2. The molecule has 0 radical (unpaired) electrons. The quantitative estimate of drug-likeness (QED) is 0.868. The highest BCUT2D eigenvalue weighted by Crippen LogP contribution is 2.10. The molecular weight excluding hydrogens is 215 g/mol. The zero-order valence-corrected chi connectivity index (χ0v) is 10.2. The molecule has 1 aliphatic rings. The van der Waals surface area contributed by atoms with Gasteiger partial charge in [0, 0.05) is 12.6 Å². The van der Waals surface area contributed by atoms with E-state index < -0.39 is 0 Å². The average molecular weight is 236 g/mol. The lowest BCUT2D eigenvalue weighted by atomic mass is 10.0. The lowest BCUT2D eigenvalue weighted by Gasteiger charge is -2.29. The van der Waals surface area contributed by atoms with Crippen molar-refractivity contribution in [3.63, 3.8) is 0 Å². The molecule has 1 heterocycles. The molecule has 1 saturated heterocycles. The molecule has 2 N–H and O–H groups in total. The lowest BCUT2D eigenvalue weighted by Crippen LogP contribution is -2.41. The van der Waals surface area contributed by atoms with E-state index in [9.17, 15) is 4.39 Å². The molecule has 0 amide bonds. The normalized spacial score (nSPS) is 19.2. The summed E-state index contributed by atoms with van der Waals surface area (Å²) in [7, 11) is 0. The molecule has 0 saturated carbocycles. The molecule has 2 nitrogen and oxygen atoms in total. The second kappa shape index (κ2) is 6.12. The number of piperidine rings is 1. The van der Waals surface area contributed by atoms with Crippen LogP contribution in [0, 0.1) is 5.82 Å². The summed E-state index contributed by atoms with van der Waals surface area (Å²) in [5.41, 5.74) is 7.26. The van der Waals surface area contributed by atoms with E-state index in [1.54, 1.807) is 0 Å². The van der Waals surface area contributed by atoms with Crippen molar-refractivity contribution < 1.29 is 4.39 Å². The Balaban J connectivity index is 1.79. The number of halogens is 1. The number of nitrogens with two attached hydrogens (primary N) is 1. The van der Waals surface area contributed by atoms with Gasteiger partial charge in [-0.2, -0.15) is 0 Å². The van der Waals surface area contributed by atoms with Crippen LogP contribution in [0.25, 0.3) is 0 Å². The van der Waals surface area contributed by atoms with Gasteiger partial charge in [0.25, 0.3) is 0 Å². The van der Waals surface area contributed by atoms with Crippen LogP contribution >= 0.6 is 0 Å². The molecule has 1 aromatic rings. The van der Waals surface area contributed by atoms with Crippen molar-refractivity contribution in [3.05, 3.63) is 35.6 Å². The Labute approximate surface area is 103 Å². The van der Waals surface area contributed by atoms with Gasteiger partial charge < -0.3 is 10.6 Å². The van der Waals surface area contributed by atoms with Crippen LogP contribution < -0.4 is 5.73 Å². The molecular formula is C14H21FN2. The fraction of sp³-hybridized carbons (Fsp3) is 0.571. The Morgan fingerprint density at radius 3 is 2.41 bits per heavy atom. The monoisotopic (exact) mass is 236 g/mol. The maximum absolute atomic E-state index is 12.8. The number of rotatable bonds is 4. The molecule has 1 fully saturated rings. The highest BCUT2D eigenvalue weighted by Gasteiger charge is 2.13. The summed E-state index contributed by atoms with van der Waals surface area (Å²) < 4.78 is 12.8. The third kappa shape index (κ3) is 4.10. The SMILES string of the molecule is NC(Cc1ccc(F)cc1)CN1CCCCC1. The first-order valence-electron chi connectivity index (χ1n) is 6.46. The van der Waals surface area contributed by atoms with Crippen LogP contribution in [0.5, 0.6) is 0 Å². The van der Waals surface area contributed by atoms with Crippen molar-refractivity contribution in [1.82, 2.24) is 4.90 Å². The number of nitrogens with zero attached hydrogens (tertiary/aromatic N) is 1. The molecule has 1 aromatic carbocycles. The maximum atomic E-state index is 12.8. The van der Waals surface area contributed by atoms with Crippen LogP contribution in [0.2, 0.25) is 0 Å². The fourth-order valence-electron chi connectivity index (χ4n) is 2.46. The molecule has 94 valence electrons. The number of likely N-dealkylation sites (tertiary alicyclic amines) is 1. The third-order valence-corrected chi connectivity index (χ3v) is 3.35. The van der Waals surface area contributed by atoms with Crippen molar-refractivity contribution in [3.8, 4) is 0 Å². The van der Waals surface area contributed by atoms with E-state index in [0.29, 0.717) is 0 Å². The molecule has 0 spiro atoms. The summed E-state index contributed by atoms with van der Waals surface area (Å²) >= 11 is 0. The van der Waals surface area contributed by atoms with E-state index in [4.69, 9.17) is 5.73 Å². The minimum Gasteiger partial charge on any atom is -0.326 e. The minimum absolute atomic E-state index is 0.151. The van der Waals surface area contributed by atoms with E-state index in [0.717, 1.165) is 18.5 Å². The maximum Gasteiger partial charge on any atom is 0.123 e. The Hall–Kier alpha value is -0.930. The van der Waals surface area contributed by atoms with E-state index in [-0.39, 0.29) is 11.9 Å². The van der Waals surface area contributed by atoms with Crippen molar-refractivity contribution in [2.75, 3.05) is 19.6 Å². The molecule has 1 atom stereocenters. The van der Waals surface area contributed by atoms with Crippen LogP contribution in [-0.4, -0.2) is 30.6 Å². The van der Waals surface area contributed by atoms with Gasteiger partial charge in [-0.15, -0.1) is 0 Å². The smallest absolute Gasteiger partial charge is 0.123 e. The lowest BCUT2D eigenvalue weighted by molar-refractivity contribution is 0.215. The number of benzene rings is 1. The molecule has 0 aliphatic carbocycles. The van der Waals surface area contributed by atoms with Crippen molar-refractivity contribution in [2.24, 2.45) is 5.73 Å². The Morgan fingerprint density at radius 2 is 1.76 bits per heavy atom. The summed E-state index contributed by atoms with van der Waals surface area (Å²) in [6.07, 6.45) is 4.77. The van der Waals surface area contributed by atoms with E-state index in [2.05, 4.69) is 4.90 Å². The van der Waals surface area contributed by atoms with Gasteiger partial charge >= 0.3 is 0 Å².